The van der Waals surface area contributed by atoms with Gasteiger partial charge in [0.15, 0.2) is 0 Å². The van der Waals surface area contributed by atoms with Crippen LogP contribution in [0.15, 0.2) is 24.3 Å². The van der Waals surface area contributed by atoms with Crippen molar-refractivity contribution in [3.8, 4) is 6.07 Å². The van der Waals surface area contributed by atoms with E-state index in [0.717, 1.165) is 11.4 Å². The summed E-state index contributed by atoms with van der Waals surface area (Å²) in [5.74, 6) is -0.795. The summed E-state index contributed by atoms with van der Waals surface area (Å²) in [5, 5.41) is 22.6. The number of fused-ring (bicyclic) bond motifs is 1. The quantitative estimate of drug-likeness (QED) is 0.896. The lowest BCUT2D eigenvalue weighted by Gasteiger charge is -2.21. The third-order valence-corrected chi connectivity index (χ3v) is 3.86. The summed E-state index contributed by atoms with van der Waals surface area (Å²) in [4.78, 5) is 12.3. The number of aromatic nitrogens is 3. The summed E-state index contributed by atoms with van der Waals surface area (Å²) in [6.45, 7) is 0. The van der Waals surface area contributed by atoms with E-state index in [1.807, 2.05) is 6.07 Å². The second-order valence-corrected chi connectivity index (χ2v) is 5.28. The molecule has 2 aromatic rings. The number of nitrogens with one attached hydrogen (secondary N) is 2. The molecule has 0 saturated carbocycles. The van der Waals surface area contributed by atoms with Crippen molar-refractivity contribution in [2.24, 2.45) is 5.92 Å². The molecule has 22 heavy (non-hydrogen) atoms. The van der Waals surface area contributed by atoms with Gasteiger partial charge in [-0.15, -0.1) is 0 Å². The van der Waals surface area contributed by atoms with Crippen molar-refractivity contribution in [3.05, 3.63) is 47.0 Å². The van der Waals surface area contributed by atoms with Crippen molar-refractivity contribution in [1.29, 1.82) is 5.26 Å². The number of hydrogen-bond acceptors (Lipinski definition) is 4. The molecule has 1 aliphatic carbocycles. The number of hydrogen-bond donors (Lipinski definition) is 2. The molecule has 6 nitrogen and oxygen atoms in total. The van der Waals surface area contributed by atoms with Gasteiger partial charge in [-0.1, -0.05) is 12.1 Å². The zero-order valence-electron chi connectivity index (χ0n) is 11.7. The number of aryl methyl sites for hydroxylation is 1. The second kappa shape index (κ2) is 5.93. The Labute approximate surface area is 126 Å². The van der Waals surface area contributed by atoms with Crippen LogP contribution in [0.1, 0.15) is 29.4 Å². The van der Waals surface area contributed by atoms with Gasteiger partial charge in [-0.2, -0.15) is 20.7 Å². The van der Waals surface area contributed by atoms with Gasteiger partial charge in [-0.25, -0.2) is 4.39 Å². The van der Waals surface area contributed by atoms with Gasteiger partial charge in [-0.3, -0.25) is 4.79 Å². The number of halogens is 1. The number of H-pyrrole nitrogens is 1. The fourth-order valence-electron chi connectivity index (χ4n) is 2.61. The third-order valence-electron chi connectivity index (χ3n) is 3.86. The van der Waals surface area contributed by atoms with E-state index in [9.17, 15) is 14.4 Å². The van der Waals surface area contributed by atoms with E-state index in [0.29, 0.717) is 24.8 Å². The fourth-order valence-corrected chi connectivity index (χ4v) is 2.61. The van der Waals surface area contributed by atoms with Gasteiger partial charge in [-0.05, 0) is 30.5 Å². The maximum Gasteiger partial charge on any atom is 0.224 e. The average molecular weight is 299 g/mol. The number of aromatic amines is 1. The molecule has 0 fully saturated rings. The minimum absolute atomic E-state index is 0.190. The summed E-state index contributed by atoms with van der Waals surface area (Å²) in [5.41, 5.74) is 2.27. The van der Waals surface area contributed by atoms with E-state index in [1.165, 1.54) is 24.3 Å². The number of amides is 1. The Morgan fingerprint density at radius 3 is 2.82 bits per heavy atom. The minimum Gasteiger partial charge on any atom is -0.336 e. The number of nitriles is 1. The number of benzene rings is 1. The molecule has 112 valence electrons. The maximum absolute atomic E-state index is 12.9. The maximum atomic E-state index is 12.9. The molecule has 0 spiro atoms. The standard InChI is InChI=1S/C15H14FN5O/c16-11-4-1-9(2-5-11)14(8-17)18-15(22)10-3-6-12-13(7-10)20-21-19-12/h1-2,4-5,10,14H,3,6-7H2,(H,18,22)(H,19,20,21). The highest BCUT2D eigenvalue weighted by molar-refractivity contribution is 5.80. The molecule has 1 aromatic carbocycles. The molecule has 0 bridgehead atoms. The SMILES string of the molecule is N#CC(NC(=O)C1CCc2n[nH]nc2C1)c1ccc(F)cc1. The van der Waals surface area contributed by atoms with E-state index in [2.05, 4.69) is 20.7 Å². The highest BCUT2D eigenvalue weighted by Crippen LogP contribution is 2.23. The van der Waals surface area contributed by atoms with Crippen LogP contribution in [0, 0.1) is 23.1 Å². The second-order valence-electron chi connectivity index (χ2n) is 5.28. The lowest BCUT2D eigenvalue weighted by atomic mass is 9.89. The first-order valence-corrected chi connectivity index (χ1v) is 7.01. The van der Waals surface area contributed by atoms with E-state index < -0.39 is 6.04 Å². The molecule has 0 aliphatic heterocycles. The van der Waals surface area contributed by atoms with Crippen LogP contribution in [0.5, 0.6) is 0 Å². The van der Waals surface area contributed by atoms with Crippen molar-refractivity contribution in [2.45, 2.75) is 25.3 Å². The van der Waals surface area contributed by atoms with Gasteiger partial charge >= 0.3 is 0 Å². The molecule has 2 atom stereocenters. The van der Waals surface area contributed by atoms with Crippen molar-refractivity contribution in [3.63, 3.8) is 0 Å². The van der Waals surface area contributed by atoms with Gasteiger partial charge in [0.05, 0.1) is 17.5 Å². The molecule has 0 radical (unpaired) electrons. The molecule has 1 aromatic heterocycles. The molecule has 1 aliphatic rings. The van der Waals surface area contributed by atoms with E-state index in [4.69, 9.17) is 0 Å². The van der Waals surface area contributed by atoms with Crippen molar-refractivity contribution in [2.75, 3.05) is 0 Å². The lowest BCUT2D eigenvalue weighted by Crippen LogP contribution is -2.36. The molecule has 1 heterocycles. The lowest BCUT2D eigenvalue weighted by molar-refractivity contribution is -0.125. The molecule has 2 unspecified atom stereocenters. The Bertz CT molecular complexity index is 718. The Morgan fingerprint density at radius 2 is 2.09 bits per heavy atom. The van der Waals surface area contributed by atoms with Crippen molar-refractivity contribution >= 4 is 5.91 Å². The molecule has 2 N–H and O–H groups in total. The van der Waals surface area contributed by atoms with Gasteiger partial charge in [0.25, 0.3) is 0 Å². The number of carbonyl (C=O) groups is 1. The smallest absolute Gasteiger partial charge is 0.224 e. The molecule has 0 saturated heterocycles. The van der Waals surface area contributed by atoms with Crippen LogP contribution in [-0.2, 0) is 17.6 Å². The van der Waals surface area contributed by atoms with Crippen molar-refractivity contribution < 1.29 is 9.18 Å². The van der Waals surface area contributed by atoms with Crippen molar-refractivity contribution in [1.82, 2.24) is 20.7 Å². The molecule has 7 heteroatoms. The summed E-state index contributed by atoms with van der Waals surface area (Å²) in [6, 6.07) is 6.79. The van der Waals surface area contributed by atoms with Gasteiger partial charge in [0, 0.05) is 12.3 Å². The largest absolute Gasteiger partial charge is 0.336 e. The predicted octanol–water partition coefficient (Wildman–Crippen LogP) is 1.43. The number of carbonyl (C=O) groups excluding carboxylic acids is 1. The van der Waals surface area contributed by atoms with E-state index in [-0.39, 0.29) is 17.6 Å². The van der Waals surface area contributed by atoms with Crippen LogP contribution < -0.4 is 5.32 Å². The molecule has 3 rings (SSSR count). The van der Waals surface area contributed by atoms with E-state index in [1.54, 1.807) is 0 Å². The van der Waals surface area contributed by atoms with Gasteiger partial charge in [0.2, 0.25) is 5.91 Å². The Morgan fingerprint density at radius 1 is 1.36 bits per heavy atom. The van der Waals surface area contributed by atoms with Crippen LogP contribution in [0.3, 0.4) is 0 Å². The first-order valence-electron chi connectivity index (χ1n) is 7.01. The summed E-state index contributed by atoms with van der Waals surface area (Å²) in [7, 11) is 0. The zero-order valence-corrected chi connectivity index (χ0v) is 11.7. The van der Waals surface area contributed by atoms with Crippen LogP contribution in [0.4, 0.5) is 4.39 Å². The number of nitrogens with zero attached hydrogens (tertiary/aromatic N) is 3. The van der Waals surface area contributed by atoms with Crippen LogP contribution in [0.25, 0.3) is 0 Å². The third kappa shape index (κ3) is 2.81. The number of rotatable bonds is 3. The molecule has 1 amide bonds. The van der Waals surface area contributed by atoms with Crippen LogP contribution in [0.2, 0.25) is 0 Å². The van der Waals surface area contributed by atoms with E-state index >= 15 is 0 Å². The topological polar surface area (TPSA) is 94.5 Å². The average Bonchev–Trinajstić information content (AvgIpc) is 3.01. The summed E-state index contributed by atoms with van der Waals surface area (Å²) >= 11 is 0. The van der Waals surface area contributed by atoms with Gasteiger partial charge < -0.3 is 5.32 Å². The van der Waals surface area contributed by atoms with Crippen LogP contribution >= 0.6 is 0 Å². The first kappa shape index (κ1) is 14.2. The Balaban J connectivity index is 1.68. The zero-order chi connectivity index (χ0) is 15.5. The first-order chi connectivity index (χ1) is 10.7. The minimum atomic E-state index is -0.785. The predicted molar refractivity (Wildman–Crippen MR) is 74.8 cm³/mol. The Kier molecular flexibility index (Phi) is 3.83. The Hall–Kier alpha value is -2.75. The highest BCUT2D eigenvalue weighted by atomic mass is 19.1. The fraction of sp³-hybridized carbons (Fsp3) is 0.333. The molecular formula is C15H14FN5O. The summed E-state index contributed by atoms with van der Waals surface area (Å²) < 4.78 is 12.9. The summed E-state index contributed by atoms with van der Waals surface area (Å²) in [6.07, 6.45) is 1.88. The highest BCUT2D eigenvalue weighted by Gasteiger charge is 2.28. The molecular weight excluding hydrogens is 285 g/mol. The van der Waals surface area contributed by atoms with Gasteiger partial charge in [0.1, 0.15) is 11.9 Å². The monoisotopic (exact) mass is 299 g/mol. The van der Waals surface area contributed by atoms with Crippen LogP contribution in [-0.4, -0.2) is 21.3 Å². The normalized spacial score (nSPS) is 18.1.